The van der Waals surface area contributed by atoms with E-state index in [2.05, 4.69) is 13.8 Å². The number of fused-ring (bicyclic) bond motifs is 7. The predicted molar refractivity (Wildman–Crippen MR) is 102 cm³/mol. The first-order valence-electron chi connectivity index (χ1n) is 11.4. The predicted octanol–water partition coefficient (Wildman–Crippen LogP) is 3.22. The summed E-state index contributed by atoms with van der Waals surface area (Å²) in [6.07, 6.45) is 6.71. The monoisotopic (exact) mass is 404 g/mol. The summed E-state index contributed by atoms with van der Waals surface area (Å²) in [6.45, 7) is 5.35. The Hall–Kier alpha value is -0.820. The molecule has 4 saturated carbocycles. The number of carbonyl (C=O) groups is 2. The Kier molecular flexibility index (Phi) is 3.85. The summed E-state index contributed by atoms with van der Waals surface area (Å²) in [5.41, 5.74) is -0.937. The molecule has 6 heteroatoms. The van der Waals surface area contributed by atoms with Crippen molar-refractivity contribution in [1.82, 2.24) is 0 Å². The average molecular weight is 405 g/mol. The van der Waals surface area contributed by atoms with E-state index >= 15 is 0 Å². The number of rotatable bonds is 0. The van der Waals surface area contributed by atoms with Crippen LogP contribution < -0.4 is 0 Å². The van der Waals surface area contributed by atoms with E-state index in [1.54, 1.807) is 0 Å². The smallest absolute Gasteiger partial charge is 0.226 e. The van der Waals surface area contributed by atoms with Crippen molar-refractivity contribution in [1.29, 1.82) is 0 Å². The Morgan fingerprint density at radius 3 is 2.59 bits per heavy atom. The van der Waals surface area contributed by atoms with E-state index in [0.717, 1.165) is 32.1 Å². The van der Waals surface area contributed by atoms with Crippen LogP contribution in [0.2, 0.25) is 0 Å². The van der Waals surface area contributed by atoms with Crippen molar-refractivity contribution in [3.05, 3.63) is 0 Å². The van der Waals surface area contributed by atoms with Gasteiger partial charge in [0, 0.05) is 30.6 Å². The van der Waals surface area contributed by atoms with Crippen LogP contribution in [0.15, 0.2) is 0 Å². The van der Waals surface area contributed by atoms with Gasteiger partial charge in [-0.1, -0.05) is 13.8 Å². The molecule has 6 nitrogen and oxygen atoms in total. The number of carbonyl (C=O) groups excluding carboxylic acids is 2. The summed E-state index contributed by atoms with van der Waals surface area (Å²) in [5.74, 6) is 1.14. The van der Waals surface area contributed by atoms with Crippen LogP contribution in [0.3, 0.4) is 0 Å². The zero-order chi connectivity index (χ0) is 20.1. The third kappa shape index (κ3) is 2.12. The van der Waals surface area contributed by atoms with E-state index in [-0.39, 0.29) is 30.3 Å². The number of Topliss-reactive ketones (excluding diaryl/α,β-unsaturated/α-hetero) is 2. The quantitative estimate of drug-likeness (QED) is 0.617. The lowest BCUT2D eigenvalue weighted by molar-refractivity contribution is -0.247. The minimum absolute atomic E-state index is 0.0251. The second-order valence-corrected chi connectivity index (χ2v) is 11.0. The summed E-state index contributed by atoms with van der Waals surface area (Å²) in [7, 11) is 0. The molecule has 6 fully saturated rings. The molecule has 4 aliphatic carbocycles. The molecule has 0 aromatic rings. The third-order valence-electron chi connectivity index (χ3n) is 10.2. The Labute approximate surface area is 172 Å². The summed E-state index contributed by atoms with van der Waals surface area (Å²) in [6, 6.07) is 0. The highest BCUT2D eigenvalue weighted by atomic mass is 16.9. The van der Waals surface area contributed by atoms with Gasteiger partial charge in [0.05, 0.1) is 0 Å². The van der Waals surface area contributed by atoms with E-state index in [4.69, 9.17) is 18.9 Å². The Bertz CT molecular complexity index is 753. The van der Waals surface area contributed by atoms with Crippen molar-refractivity contribution < 1.29 is 28.5 Å². The van der Waals surface area contributed by atoms with Gasteiger partial charge in [0.25, 0.3) is 0 Å². The normalized spacial score (nSPS) is 56.6. The van der Waals surface area contributed by atoms with Crippen LogP contribution in [-0.4, -0.2) is 43.1 Å². The topological polar surface area (TPSA) is 71.1 Å². The molecular weight excluding hydrogens is 372 g/mol. The molecule has 0 unspecified atom stereocenters. The fourth-order valence-electron chi connectivity index (χ4n) is 8.83. The molecule has 8 atom stereocenters. The fourth-order valence-corrected chi connectivity index (χ4v) is 8.83. The van der Waals surface area contributed by atoms with Crippen LogP contribution >= 0.6 is 0 Å². The van der Waals surface area contributed by atoms with Gasteiger partial charge in [-0.2, -0.15) is 0 Å². The second kappa shape index (κ2) is 5.90. The lowest BCUT2D eigenvalue weighted by atomic mass is 9.43. The SMILES string of the molecule is C[C@]12CCC(=O)C[C@@H]1CC[C@@H]1[C@H]2C(=O)C[C@@]2(C)[C@H]1CC[C@@]21OCO[C@@]12COCO2. The van der Waals surface area contributed by atoms with Crippen LogP contribution in [0.25, 0.3) is 0 Å². The molecule has 0 aromatic carbocycles. The molecule has 0 bridgehead atoms. The number of ketones is 2. The summed E-state index contributed by atoms with van der Waals surface area (Å²) in [4.78, 5) is 25.9. The maximum absolute atomic E-state index is 13.8. The maximum Gasteiger partial charge on any atom is 0.226 e. The van der Waals surface area contributed by atoms with Crippen molar-refractivity contribution in [2.24, 2.45) is 34.5 Å². The molecule has 2 heterocycles. The number of hydrogen-bond acceptors (Lipinski definition) is 6. The minimum atomic E-state index is -0.873. The second-order valence-electron chi connectivity index (χ2n) is 11.0. The third-order valence-corrected chi connectivity index (χ3v) is 10.2. The molecule has 29 heavy (non-hydrogen) atoms. The van der Waals surface area contributed by atoms with E-state index in [1.165, 1.54) is 0 Å². The zero-order valence-corrected chi connectivity index (χ0v) is 17.5. The van der Waals surface area contributed by atoms with Crippen LogP contribution in [-0.2, 0) is 28.5 Å². The van der Waals surface area contributed by atoms with E-state index in [9.17, 15) is 9.59 Å². The summed E-state index contributed by atoms with van der Waals surface area (Å²) < 4.78 is 24.0. The van der Waals surface area contributed by atoms with Crippen molar-refractivity contribution in [3.63, 3.8) is 0 Å². The highest BCUT2D eigenvalue weighted by Gasteiger charge is 2.77. The fraction of sp³-hybridized carbons (Fsp3) is 0.913. The molecule has 6 aliphatic rings. The highest BCUT2D eigenvalue weighted by molar-refractivity contribution is 5.86. The Morgan fingerprint density at radius 1 is 0.966 bits per heavy atom. The average Bonchev–Trinajstić information content (AvgIpc) is 3.37. The molecule has 2 spiro atoms. The number of hydrogen-bond donors (Lipinski definition) is 0. The van der Waals surface area contributed by atoms with E-state index < -0.39 is 11.4 Å². The first-order valence-corrected chi connectivity index (χ1v) is 11.4. The summed E-state index contributed by atoms with van der Waals surface area (Å²) in [5, 5.41) is 0. The molecule has 6 rings (SSSR count). The largest absolute Gasteiger partial charge is 0.350 e. The molecule has 2 saturated heterocycles. The maximum atomic E-state index is 13.8. The molecule has 0 aromatic heterocycles. The van der Waals surface area contributed by atoms with Crippen molar-refractivity contribution in [3.8, 4) is 0 Å². The Morgan fingerprint density at radius 2 is 1.79 bits per heavy atom. The van der Waals surface area contributed by atoms with Crippen LogP contribution in [0.4, 0.5) is 0 Å². The molecule has 0 radical (unpaired) electrons. The van der Waals surface area contributed by atoms with Crippen molar-refractivity contribution in [2.45, 2.75) is 76.6 Å². The van der Waals surface area contributed by atoms with Gasteiger partial charge in [0.15, 0.2) is 13.6 Å². The standard InChI is InChI=1S/C23H32O6/c1-20-7-5-15(24)9-14(20)3-4-16-17-6-8-22(21(17,2)10-18(25)19(16)20)23(29-13-27-22)11-26-12-28-23/h14,16-17,19H,3-13H2,1-2H3/t14-,16-,17-,19-,20-,21-,22+,23-/m0/s1. The molecular formula is C23H32O6. The van der Waals surface area contributed by atoms with Crippen molar-refractivity contribution >= 4 is 11.6 Å². The summed E-state index contributed by atoms with van der Waals surface area (Å²) >= 11 is 0. The zero-order valence-electron chi connectivity index (χ0n) is 17.5. The lowest BCUT2D eigenvalue weighted by Gasteiger charge is -2.60. The van der Waals surface area contributed by atoms with Gasteiger partial charge in [0.1, 0.15) is 23.8 Å². The molecule has 0 N–H and O–H groups in total. The molecule has 2 aliphatic heterocycles. The first-order chi connectivity index (χ1) is 13.9. The Balaban J connectivity index is 1.39. The van der Waals surface area contributed by atoms with Gasteiger partial charge in [0.2, 0.25) is 5.79 Å². The van der Waals surface area contributed by atoms with Gasteiger partial charge in [-0.25, -0.2) is 0 Å². The number of ether oxygens (including phenoxy) is 4. The lowest BCUT2D eigenvalue weighted by Crippen LogP contribution is -2.66. The van der Waals surface area contributed by atoms with E-state index in [1.807, 2.05) is 0 Å². The van der Waals surface area contributed by atoms with Gasteiger partial charge >= 0.3 is 0 Å². The van der Waals surface area contributed by atoms with Crippen LogP contribution in [0, 0.1) is 34.5 Å². The van der Waals surface area contributed by atoms with Gasteiger partial charge < -0.3 is 18.9 Å². The van der Waals surface area contributed by atoms with Gasteiger partial charge in [-0.15, -0.1) is 0 Å². The first kappa shape index (κ1) is 18.9. The van der Waals surface area contributed by atoms with Crippen LogP contribution in [0.5, 0.6) is 0 Å². The van der Waals surface area contributed by atoms with Gasteiger partial charge in [-0.05, 0) is 55.3 Å². The van der Waals surface area contributed by atoms with Crippen molar-refractivity contribution in [2.75, 3.05) is 20.2 Å². The van der Waals surface area contributed by atoms with E-state index in [0.29, 0.717) is 55.2 Å². The molecule has 0 amide bonds. The minimum Gasteiger partial charge on any atom is -0.350 e. The van der Waals surface area contributed by atoms with Crippen LogP contribution in [0.1, 0.15) is 65.2 Å². The van der Waals surface area contributed by atoms with Gasteiger partial charge in [-0.3, -0.25) is 9.59 Å². The molecule has 160 valence electrons. The highest BCUT2D eigenvalue weighted by Crippen LogP contribution is 2.71.